The maximum atomic E-state index is 3.78. The van der Waals surface area contributed by atoms with E-state index in [1.54, 1.807) is 0 Å². The van der Waals surface area contributed by atoms with Crippen molar-refractivity contribution in [1.82, 2.24) is 15.1 Å². The summed E-state index contributed by atoms with van der Waals surface area (Å²) in [6, 6.07) is 1.37. The van der Waals surface area contributed by atoms with Gasteiger partial charge in [-0.15, -0.1) is 0 Å². The average molecular weight is 241 g/mol. The van der Waals surface area contributed by atoms with E-state index in [0.29, 0.717) is 12.0 Å². The first-order valence-corrected chi connectivity index (χ1v) is 7.09. The van der Waals surface area contributed by atoms with Crippen molar-refractivity contribution in [2.75, 3.05) is 40.8 Å². The molecule has 3 nitrogen and oxygen atoms in total. The molecule has 0 amide bonds. The zero-order chi connectivity index (χ0) is 12.8. The molecule has 1 heterocycles. The van der Waals surface area contributed by atoms with Crippen LogP contribution in [0.5, 0.6) is 0 Å². The minimum atomic E-state index is 0.649. The summed E-state index contributed by atoms with van der Waals surface area (Å²) in [6.45, 7) is 8.25. The predicted octanol–water partition coefficient (Wildman–Crippen LogP) is 1.65. The average Bonchev–Trinajstić information content (AvgIpc) is 2.43. The highest BCUT2D eigenvalue weighted by atomic mass is 15.1. The molecule has 0 spiro atoms. The van der Waals surface area contributed by atoms with Crippen LogP contribution >= 0.6 is 0 Å². The van der Waals surface area contributed by atoms with Gasteiger partial charge >= 0.3 is 0 Å². The lowest BCUT2D eigenvalue weighted by atomic mass is 10.0. The van der Waals surface area contributed by atoms with Gasteiger partial charge in [-0.3, -0.25) is 0 Å². The molecule has 102 valence electrons. The molecule has 0 saturated carbocycles. The molecule has 3 heteroatoms. The van der Waals surface area contributed by atoms with Crippen LogP contribution < -0.4 is 5.32 Å². The first-order chi connectivity index (χ1) is 8.00. The molecular weight excluding hydrogens is 210 g/mol. The Morgan fingerprint density at radius 2 is 1.94 bits per heavy atom. The monoisotopic (exact) mass is 241 g/mol. The normalized spacial score (nSPS) is 25.2. The van der Waals surface area contributed by atoms with Crippen molar-refractivity contribution in [2.24, 2.45) is 5.92 Å². The Kier molecular flexibility index (Phi) is 6.45. The second-order valence-electron chi connectivity index (χ2n) is 6.11. The number of hydrogen-bond donors (Lipinski definition) is 1. The SMILES string of the molecule is CC(C)C(CNC1CCCN(C)CC1)N(C)C. The first-order valence-electron chi connectivity index (χ1n) is 7.09. The van der Waals surface area contributed by atoms with Gasteiger partial charge in [0.25, 0.3) is 0 Å². The van der Waals surface area contributed by atoms with Crippen LogP contribution in [0.15, 0.2) is 0 Å². The smallest absolute Gasteiger partial charge is 0.0237 e. The Morgan fingerprint density at radius 3 is 2.53 bits per heavy atom. The zero-order valence-electron chi connectivity index (χ0n) is 12.4. The highest BCUT2D eigenvalue weighted by molar-refractivity contribution is 4.78. The van der Waals surface area contributed by atoms with Crippen LogP contribution in [0.2, 0.25) is 0 Å². The van der Waals surface area contributed by atoms with Crippen molar-refractivity contribution in [3.63, 3.8) is 0 Å². The molecule has 1 fully saturated rings. The molecule has 0 aliphatic carbocycles. The van der Waals surface area contributed by atoms with E-state index in [4.69, 9.17) is 0 Å². The summed E-state index contributed by atoms with van der Waals surface area (Å²) >= 11 is 0. The molecule has 0 bridgehead atoms. The van der Waals surface area contributed by atoms with Gasteiger partial charge in [0.05, 0.1) is 0 Å². The molecular formula is C14H31N3. The third-order valence-electron chi connectivity index (χ3n) is 4.00. The van der Waals surface area contributed by atoms with Gasteiger partial charge in [0.2, 0.25) is 0 Å². The van der Waals surface area contributed by atoms with E-state index in [1.807, 2.05) is 0 Å². The van der Waals surface area contributed by atoms with Gasteiger partial charge in [-0.25, -0.2) is 0 Å². The molecule has 1 aliphatic rings. The summed E-state index contributed by atoms with van der Waals surface area (Å²) < 4.78 is 0. The summed E-state index contributed by atoms with van der Waals surface area (Å²) in [5.41, 5.74) is 0. The fourth-order valence-corrected chi connectivity index (χ4v) is 2.75. The van der Waals surface area contributed by atoms with Crippen molar-refractivity contribution in [1.29, 1.82) is 0 Å². The molecule has 1 N–H and O–H groups in total. The highest BCUT2D eigenvalue weighted by Gasteiger charge is 2.19. The summed E-state index contributed by atoms with van der Waals surface area (Å²) in [5, 5.41) is 3.78. The number of nitrogens with zero attached hydrogens (tertiary/aromatic N) is 2. The van der Waals surface area contributed by atoms with E-state index < -0.39 is 0 Å². The number of hydrogen-bond acceptors (Lipinski definition) is 3. The molecule has 1 aliphatic heterocycles. The lowest BCUT2D eigenvalue weighted by Crippen LogP contribution is -2.44. The van der Waals surface area contributed by atoms with Gasteiger partial charge in [0.15, 0.2) is 0 Å². The van der Waals surface area contributed by atoms with E-state index in [-0.39, 0.29) is 0 Å². The van der Waals surface area contributed by atoms with Gasteiger partial charge < -0.3 is 15.1 Å². The summed E-state index contributed by atoms with van der Waals surface area (Å²) in [6.07, 6.45) is 3.97. The molecule has 2 atom stereocenters. The first kappa shape index (κ1) is 14.9. The molecule has 1 rings (SSSR count). The van der Waals surface area contributed by atoms with E-state index >= 15 is 0 Å². The van der Waals surface area contributed by atoms with Crippen LogP contribution in [-0.4, -0.2) is 62.7 Å². The van der Waals surface area contributed by atoms with Gasteiger partial charge in [-0.1, -0.05) is 13.8 Å². The summed E-state index contributed by atoms with van der Waals surface area (Å²) in [7, 11) is 6.61. The second-order valence-corrected chi connectivity index (χ2v) is 6.11. The standard InChI is InChI=1S/C14H31N3/c1-12(2)14(16(3)4)11-15-13-7-6-9-17(5)10-8-13/h12-15H,6-11H2,1-5H3. The fourth-order valence-electron chi connectivity index (χ4n) is 2.75. The van der Waals surface area contributed by atoms with Crippen LogP contribution in [0.1, 0.15) is 33.1 Å². The van der Waals surface area contributed by atoms with Gasteiger partial charge in [-0.05, 0) is 59.4 Å². The van der Waals surface area contributed by atoms with Gasteiger partial charge in [0.1, 0.15) is 0 Å². The molecule has 1 saturated heterocycles. The lowest BCUT2D eigenvalue weighted by molar-refractivity contribution is 0.216. The fraction of sp³-hybridized carbons (Fsp3) is 1.00. The summed E-state index contributed by atoms with van der Waals surface area (Å²) in [5.74, 6) is 0.714. The second kappa shape index (κ2) is 7.34. The van der Waals surface area contributed by atoms with Gasteiger partial charge in [0, 0.05) is 18.6 Å². The minimum absolute atomic E-state index is 0.649. The Balaban J connectivity index is 2.33. The Hall–Kier alpha value is -0.120. The molecule has 0 aromatic carbocycles. The van der Waals surface area contributed by atoms with E-state index in [1.165, 1.54) is 32.4 Å². The molecule has 0 aromatic heterocycles. The minimum Gasteiger partial charge on any atom is -0.312 e. The largest absolute Gasteiger partial charge is 0.312 e. The number of likely N-dealkylation sites (tertiary alicyclic amines) is 1. The molecule has 0 radical (unpaired) electrons. The third-order valence-corrected chi connectivity index (χ3v) is 4.00. The van der Waals surface area contributed by atoms with Crippen LogP contribution in [-0.2, 0) is 0 Å². The maximum absolute atomic E-state index is 3.78. The zero-order valence-corrected chi connectivity index (χ0v) is 12.4. The maximum Gasteiger partial charge on any atom is 0.0237 e. The van der Waals surface area contributed by atoms with E-state index in [0.717, 1.165) is 12.6 Å². The summed E-state index contributed by atoms with van der Waals surface area (Å²) in [4.78, 5) is 4.80. The van der Waals surface area contributed by atoms with Crippen molar-refractivity contribution in [3.8, 4) is 0 Å². The van der Waals surface area contributed by atoms with Crippen molar-refractivity contribution in [3.05, 3.63) is 0 Å². The van der Waals surface area contributed by atoms with E-state index in [9.17, 15) is 0 Å². The number of likely N-dealkylation sites (N-methyl/N-ethyl adjacent to an activating group) is 1. The van der Waals surface area contributed by atoms with Crippen LogP contribution in [0, 0.1) is 5.92 Å². The highest BCUT2D eigenvalue weighted by Crippen LogP contribution is 2.11. The predicted molar refractivity (Wildman–Crippen MR) is 75.5 cm³/mol. The van der Waals surface area contributed by atoms with Crippen molar-refractivity contribution in [2.45, 2.75) is 45.2 Å². The molecule has 0 aromatic rings. The van der Waals surface area contributed by atoms with Crippen LogP contribution in [0.4, 0.5) is 0 Å². The third kappa shape index (κ3) is 5.36. The quantitative estimate of drug-likeness (QED) is 0.789. The molecule has 17 heavy (non-hydrogen) atoms. The lowest BCUT2D eigenvalue weighted by Gasteiger charge is -2.30. The molecule has 2 unspecified atom stereocenters. The van der Waals surface area contributed by atoms with Crippen LogP contribution in [0.3, 0.4) is 0 Å². The topological polar surface area (TPSA) is 18.5 Å². The Morgan fingerprint density at radius 1 is 1.24 bits per heavy atom. The van der Waals surface area contributed by atoms with Crippen LogP contribution in [0.25, 0.3) is 0 Å². The van der Waals surface area contributed by atoms with Crippen molar-refractivity contribution >= 4 is 0 Å². The number of rotatable bonds is 5. The van der Waals surface area contributed by atoms with Gasteiger partial charge in [-0.2, -0.15) is 0 Å². The van der Waals surface area contributed by atoms with Crippen molar-refractivity contribution < 1.29 is 0 Å². The number of nitrogens with one attached hydrogen (secondary N) is 1. The Bertz CT molecular complexity index is 196. The van der Waals surface area contributed by atoms with E-state index in [2.05, 4.69) is 50.1 Å². The Labute approximate surface area is 108 Å².